The van der Waals surface area contributed by atoms with Gasteiger partial charge in [0.2, 0.25) is 0 Å². The molecule has 0 aliphatic carbocycles. The normalized spacial score (nSPS) is 12.7. The van der Waals surface area contributed by atoms with E-state index in [1.165, 1.54) is 16.8 Å². The third-order valence-electron chi connectivity index (χ3n) is 4.14. The monoisotopic (exact) mass is 286 g/mol. The Morgan fingerprint density at radius 2 is 1.57 bits per heavy atom. The fourth-order valence-corrected chi connectivity index (χ4v) is 2.49. The lowest BCUT2D eigenvalue weighted by molar-refractivity contribution is 0.500. The second-order valence-corrected chi connectivity index (χ2v) is 7.47. The topological polar surface area (TPSA) is 43.6 Å². The molecule has 0 bridgehead atoms. The summed E-state index contributed by atoms with van der Waals surface area (Å²) in [7, 11) is 1.98. The van der Waals surface area contributed by atoms with Crippen LogP contribution in [0.5, 0.6) is 0 Å². The van der Waals surface area contributed by atoms with E-state index >= 15 is 0 Å². The quantitative estimate of drug-likeness (QED) is 0.869. The van der Waals surface area contributed by atoms with Gasteiger partial charge < -0.3 is 0 Å². The van der Waals surface area contributed by atoms with Crippen molar-refractivity contribution in [2.75, 3.05) is 0 Å². The van der Waals surface area contributed by atoms with Crippen LogP contribution in [0.25, 0.3) is 0 Å². The summed E-state index contributed by atoms with van der Waals surface area (Å²) in [5, 5.41) is 4.35. The van der Waals surface area contributed by atoms with E-state index in [9.17, 15) is 0 Å². The molecule has 0 fully saturated rings. The van der Waals surface area contributed by atoms with E-state index in [0.29, 0.717) is 0 Å². The Labute approximate surface area is 127 Å². The molecule has 2 aromatic heterocycles. The first-order chi connectivity index (χ1) is 9.61. The van der Waals surface area contributed by atoms with Crippen LogP contribution in [0.2, 0.25) is 0 Å². The minimum absolute atomic E-state index is 0.0262. The van der Waals surface area contributed by atoms with Gasteiger partial charge in [-0.05, 0) is 23.5 Å². The van der Waals surface area contributed by atoms with Crippen molar-refractivity contribution in [2.45, 2.75) is 58.8 Å². The highest BCUT2D eigenvalue weighted by molar-refractivity contribution is 5.27. The summed E-state index contributed by atoms with van der Waals surface area (Å²) in [5.74, 6) is 0.885. The summed E-state index contributed by atoms with van der Waals surface area (Å²) >= 11 is 0. The van der Waals surface area contributed by atoms with Crippen LogP contribution in [0.15, 0.2) is 18.6 Å². The van der Waals surface area contributed by atoms with Crippen LogP contribution in [0, 0.1) is 6.92 Å². The number of rotatable bonds is 3. The molecule has 0 radical (unpaired) electrons. The molecule has 0 aromatic carbocycles. The van der Waals surface area contributed by atoms with Crippen molar-refractivity contribution in [3.63, 3.8) is 0 Å². The maximum absolute atomic E-state index is 4.55. The molecular formula is C17H26N4. The number of hydrogen-bond donors (Lipinski definition) is 0. The molecule has 0 saturated heterocycles. The van der Waals surface area contributed by atoms with Gasteiger partial charge in [0.05, 0.1) is 6.20 Å². The first kappa shape index (κ1) is 15.7. The summed E-state index contributed by atoms with van der Waals surface area (Å²) < 4.78 is 1.92. The highest BCUT2D eigenvalue weighted by Crippen LogP contribution is 2.29. The van der Waals surface area contributed by atoms with E-state index in [4.69, 9.17) is 0 Å². The van der Waals surface area contributed by atoms with Crippen molar-refractivity contribution in [2.24, 2.45) is 7.05 Å². The lowest BCUT2D eigenvalue weighted by Gasteiger charge is -2.24. The fourth-order valence-electron chi connectivity index (χ4n) is 2.49. The molecule has 0 atom stereocenters. The molecule has 0 aliphatic heterocycles. The Balaban J connectivity index is 2.23. The average molecular weight is 286 g/mol. The van der Waals surface area contributed by atoms with Gasteiger partial charge in [0.1, 0.15) is 5.82 Å². The highest BCUT2D eigenvalue weighted by atomic mass is 15.3. The highest BCUT2D eigenvalue weighted by Gasteiger charge is 2.26. The molecule has 21 heavy (non-hydrogen) atoms. The van der Waals surface area contributed by atoms with Crippen LogP contribution in [0.1, 0.15) is 57.3 Å². The van der Waals surface area contributed by atoms with Crippen molar-refractivity contribution in [3.8, 4) is 0 Å². The summed E-state index contributed by atoms with van der Waals surface area (Å²) in [4.78, 5) is 9.11. The van der Waals surface area contributed by atoms with Crippen molar-refractivity contribution in [3.05, 3.63) is 41.2 Å². The van der Waals surface area contributed by atoms with Crippen molar-refractivity contribution < 1.29 is 0 Å². The van der Waals surface area contributed by atoms with Gasteiger partial charge in [-0.2, -0.15) is 5.10 Å². The van der Waals surface area contributed by atoms with Crippen LogP contribution in [0.4, 0.5) is 0 Å². The molecule has 2 aromatic rings. The summed E-state index contributed by atoms with van der Waals surface area (Å²) in [6.07, 6.45) is 6.67. The minimum atomic E-state index is -0.0262. The zero-order valence-corrected chi connectivity index (χ0v) is 14.2. The molecule has 0 spiro atoms. The molecule has 114 valence electrons. The molecule has 2 heterocycles. The average Bonchev–Trinajstić information content (AvgIpc) is 2.69. The lowest BCUT2D eigenvalue weighted by Crippen LogP contribution is -2.23. The standard InChI is InChI=1S/C17H26N4/c1-12-14(11-20-21(12)7)17(5,6)8-15-18-9-13(10-19-15)16(2,3)4/h9-11H,8H2,1-7H3. The lowest BCUT2D eigenvalue weighted by atomic mass is 9.81. The van der Waals surface area contributed by atoms with Crippen molar-refractivity contribution >= 4 is 0 Å². The zero-order chi connectivity index (χ0) is 15.8. The fraction of sp³-hybridized carbons (Fsp3) is 0.588. The Kier molecular flexibility index (Phi) is 3.91. The number of aryl methyl sites for hydroxylation is 1. The van der Waals surface area contributed by atoms with E-state index in [-0.39, 0.29) is 10.8 Å². The second-order valence-electron chi connectivity index (χ2n) is 7.47. The first-order valence-corrected chi connectivity index (χ1v) is 7.42. The van der Waals surface area contributed by atoms with Gasteiger partial charge in [-0.25, -0.2) is 9.97 Å². The van der Waals surface area contributed by atoms with Crippen molar-refractivity contribution in [1.82, 2.24) is 19.7 Å². The molecule has 4 heteroatoms. The smallest absolute Gasteiger partial charge is 0.129 e. The maximum atomic E-state index is 4.55. The number of hydrogen-bond acceptors (Lipinski definition) is 3. The summed E-state index contributed by atoms with van der Waals surface area (Å²) in [6, 6.07) is 0. The minimum Gasteiger partial charge on any atom is -0.273 e. The first-order valence-electron chi connectivity index (χ1n) is 7.42. The number of nitrogens with zero attached hydrogens (tertiary/aromatic N) is 4. The Hall–Kier alpha value is -1.71. The zero-order valence-electron chi connectivity index (χ0n) is 14.2. The molecular weight excluding hydrogens is 260 g/mol. The van der Waals surface area contributed by atoms with Gasteiger partial charge in [-0.15, -0.1) is 0 Å². The summed E-state index contributed by atoms with van der Waals surface area (Å²) in [5.41, 5.74) is 3.69. The third-order valence-corrected chi connectivity index (χ3v) is 4.14. The van der Waals surface area contributed by atoms with Crippen LogP contribution >= 0.6 is 0 Å². The Morgan fingerprint density at radius 3 is 2.00 bits per heavy atom. The molecule has 0 aliphatic rings. The predicted octanol–water partition coefficient (Wildman–Crippen LogP) is 3.34. The van der Waals surface area contributed by atoms with Gasteiger partial charge in [-0.3, -0.25) is 4.68 Å². The van der Waals surface area contributed by atoms with Gasteiger partial charge in [-0.1, -0.05) is 34.6 Å². The van der Waals surface area contributed by atoms with E-state index < -0.39 is 0 Å². The van der Waals surface area contributed by atoms with Crippen LogP contribution in [0.3, 0.4) is 0 Å². The van der Waals surface area contributed by atoms with Gasteiger partial charge in [0, 0.05) is 37.0 Å². The molecule has 0 N–H and O–H groups in total. The van der Waals surface area contributed by atoms with Crippen LogP contribution in [-0.4, -0.2) is 19.7 Å². The molecule has 2 rings (SSSR count). The molecule has 4 nitrogen and oxygen atoms in total. The number of aromatic nitrogens is 4. The predicted molar refractivity (Wildman–Crippen MR) is 85.4 cm³/mol. The molecule has 0 unspecified atom stereocenters. The summed E-state index contributed by atoms with van der Waals surface area (Å²) in [6.45, 7) is 13.1. The molecule has 0 amide bonds. The van der Waals surface area contributed by atoms with Gasteiger partial charge >= 0.3 is 0 Å². The van der Waals surface area contributed by atoms with Gasteiger partial charge in [0.25, 0.3) is 0 Å². The SMILES string of the molecule is Cc1c(C(C)(C)Cc2ncc(C(C)(C)C)cn2)cnn1C. The molecule has 0 saturated carbocycles. The van der Waals surface area contributed by atoms with Gasteiger partial charge in [0.15, 0.2) is 0 Å². The van der Waals surface area contributed by atoms with Crippen molar-refractivity contribution in [1.29, 1.82) is 0 Å². The van der Waals surface area contributed by atoms with E-state index in [2.05, 4.69) is 56.6 Å². The second kappa shape index (κ2) is 5.24. The van der Waals surface area contributed by atoms with Crippen LogP contribution in [-0.2, 0) is 24.3 Å². The van der Waals surface area contributed by atoms with Crippen LogP contribution < -0.4 is 0 Å². The Bertz CT molecular complexity index is 615. The maximum Gasteiger partial charge on any atom is 0.129 e. The van der Waals surface area contributed by atoms with E-state index in [1.807, 2.05) is 30.3 Å². The third kappa shape index (κ3) is 3.31. The van der Waals surface area contributed by atoms with E-state index in [0.717, 1.165) is 12.2 Å². The van der Waals surface area contributed by atoms with E-state index in [1.54, 1.807) is 0 Å². The Morgan fingerprint density at radius 1 is 1.00 bits per heavy atom. The largest absolute Gasteiger partial charge is 0.273 e.